The van der Waals surface area contributed by atoms with Crippen molar-refractivity contribution in [2.24, 2.45) is 5.10 Å². The summed E-state index contributed by atoms with van der Waals surface area (Å²) >= 11 is 0. The maximum Gasteiger partial charge on any atom is 0.258 e. The van der Waals surface area contributed by atoms with Crippen molar-refractivity contribution >= 4 is 17.8 Å². The van der Waals surface area contributed by atoms with E-state index in [9.17, 15) is 4.79 Å². The predicted octanol–water partition coefficient (Wildman–Crippen LogP) is 1.82. The lowest BCUT2D eigenvalue weighted by molar-refractivity contribution is -0.122. The van der Waals surface area contributed by atoms with E-state index in [1.807, 2.05) is 67.5 Å². The number of anilines is 1. The van der Waals surface area contributed by atoms with Gasteiger partial charge in [-0.25, -0.2) is 16.3 Å². The van der Waals surface area contributed by atoms with E-state index in [1.54, 1.807) is 13.3 Å². The van der Waals surface area contributed by atoms with Crippen LogP contribution in [0.5, 0.6) is 5.75 Å². The van der Waals surface area contributed by atoms with Gasteiger partial charge in [-0.2, -0.15) is 5.10 Å². The Morgan fingerprint density at radius 3 is 2.48 bits per heavy atom. The van der Waals surface area contributed by atoms with Gasteiger partial charge in [0.15, 0.2) is 0 Å². The highest BCUT2D eigenvalue weighted by Gasteiger charge is 2.29. The van der Waals surface area contributed by atoms with Gasteiger partial charge in [-0.1, -0.05) is 24.3 Å². The number of rotatable bonds is 6. The van der Waals surface area contributed by atoms with Crippen LogP contribution in [-0.4, -0.2) is 39.4 Å². The van der Waals surface area contributed by atoms with E-state index in [2.05, 4.69) is 21.4 Å². The van der Waals surface area contributed by atoms with Crippen molar-refractivity contribution in [3.63, 3.8) is 0 Å². The molecule has 1 saturated heterocycles. The Kier molecular flexibility index (Phi) is 6.05. The van der Waals surface area contributed by atoms with E-state index < -0.39 is 0 Å². The molecular weight excluding hydrogens is 342 g/mol. The standard InChI is InChI=1S/C20H25N5O2/c1-25(2)16-8-4-14(5-9-16)13-21-24-20(26)19-12-18(22-23-19)15-6-10-17(27-3)11-7-15/h4-11,13,18-19,22-23H,12H2,1-3H3,(H,24,26)/b21-13+. The summed E-state index contributed by atoms with van der Waals surface area (Å²) in [5.41, 5.74) is 11.9. The quantitative estimate of drug-likeness (QED) is 0.536. The summed E-state index contributed by atoms with van der Waals surface area (Å²) in [5.74, 6) is 0.645. The molecule has 7 nitrogen and oxygen atoms in total. The molecule has 2 unspecified atom stereocenters. The summed E-state index contributed by atoms with van der Waals surface area (Å²) in [6.45, 7) is 0. The van der Waals surface area contributed by atoms with Crippen LogP contribution < -0.4 is 25.9 Å². The number of carbonyl (C=O) groups is 1. The molecule has 1 amide bonds. The Hall–Kier alpha value is -2.90. The zero-order valence-corrected chi connectivity index (χ0v) is 15.8. The van der Waals surface area contributed by atoms with Crippen LogP contribution >= 0.6 is 0 Å². The second-order valence-electron chi connectivity index (χ2n) is 6.62. The first-order chi connectivity index (χ1) is 13.1. The fraction of sp³-hybridized carbons (Fsp3) is 0.300. The highest BCUT2D eigenvalue weighted by Crippen LogP contribution is 2.24. The number of nitrogens with zero attached hydrogens (tertiary/aromatic N) is 2. The molecule has 3 rings (SSSR count). The van der Waals surface area contributed by atoms with Gasteiger partial charge in [0.25, 0.3) is 5.91 Å². The van der Waals surface area contributed by atoms with Gasteiger partial charge in [0, 0.05) is 25.8 Å². The topological polar surface area (TPSA) is 78.0 Å². The zero-order chi connectivity index (χ0) is 19.2. The average Bonchev–Trinajstić information content (AvgIpc) is 3.19. The Morgan fingerprint density at radius 1 is 1.15 bits per heavy atom. The Bertz CT molecular complexity index is 787. The lowest BCUT2D eigenvalue weighted by atomic mass is 10.0. The van der Waals surface area contributed by atoms with Crippen LogP contribution in [0.25, 0.3) is 0 Å². The third-order valence-corrected chi connectivity index (χ3v) is 4.54. The van der Waals surface area contributed by atoms with E-state index >= 15 is 0 Å². The average molecular weight is 367 g/mol. The number of hydrogen-bond donors (Lipinski definition) is 3. The molecule has 0 aromatic heterocycles. The summed E-state index contributed by atoms with van der Waals surface area (Å²) in [6.07, 6.45) is 2.28. The molecule has 142 valence electrons. The van der Waals surface area contributed by atoms with Crippen molar-refractivity contribution in [1.29, 1.82) is 0 Å². The van der Waals surface area contributed by atoms with Crippen molar-refractivity contribution in [2.75, 3.05) is 26.1 Å². The molecule has 3 N–H and O–H groups in total. The molecule has 1 fully saturated rings. The molecule has 7 heteroatoms. The highest BCUT2D eigenvalue weighted by atomic mass is 16.5. The van der Waals surface area contributed by atoms with Crippen molar-refractivity contribution in [3.8, 4) is 5.75 Å². The second kappa shape index (κ2) is 8.66. The number of hydrogen-bond acceptors (Lipinski definition) is 6. The van der Waals surface area contributed by atoms with Crippen LogP contribution in [0.3, 0.4) is 0 Å². The van der Waals surface area contributed by atoms with Gasteiger partial charge in [-0.15, -0.1) is 0 Å². The van der Waals surface area contributed by atoms with Crippen molar-refractivity contribution in [3.05, 3.63) is 59.7 Å². The SMILES string of the molecule is COc1ccc(C2CC(C(=O)N/N=C/c3ccc(N(C)C)cc3)NN2)cc1. The molecule has 0 radical (unpaired) electrons. The first-order valence-electron chi connectivity index (χ1n) is 8.82. The van der Waals surface area contributed by atoms with Crippen molar-refractivity contribution in [1.82, 2.24) is 16.3 Å². The van der Waals surface area contributed by atoms with Crippen LogP contribution in [0.2, 0.25) is 0 Å². The molecule has 0 saturated carbocycles. The Balaban J connectivity index is 1.51. The van der Waals surface area contributed by atoms with Gasteiger partial charge in [0.2, 0.25) is 0 Å². The van der Waals surface area contributed by atoms with Crippen LogP contribution in [0.15, 0.2) is 53.6 Å². The summed E-state index contributed by atoms with van der Waals surface area (Å²) in [6, 6.07) is 15.5. The first kappa shape index (κ1) is 18.9. The lowest BCUT2D eigenvalue weighted by Crippen LogP contribution is -2.41. The molecule has 2 atom stereocenters. The van der Waals surface area contributed by atoms with Crippen molar-refractivity contribution < 1.29 is 9.53 Å². The zero-order valence-electron chi connectivity index (χ0n) is 15.8. The molecule has 1 aliphatic rings. The number of nitrogens with one attached hydrogen (secondary N) is 3. The maximum absolute atomic E-state index is 12.3. The molecule has 27 heavy (non-hydrogen) atoms. The first-order valence-corrected chi connectivity index (χ1v) is 8.82. The highest BCUT2D eigenvalue weighted by molar-refractivity contribution is 5.85. The minimum Gasteiger partial charge on any atom is -0.497 e. The maximum atomic E-state index is 12.3. The van der Waals surface area contributed by atoms with Gasteiger partial charge in [0.05, 0.1) is 13.3 Å². The normalized spacial score (nSPS) is 19.2. The van der Waals surface area contributed by atoms with Crippen molar-refractivity contribution in [2.45, 2.75) is 18.5 Å². The third-order valence-electron chi connectivity index (χ3n) is 4.54. The van der Waals surface area contributed by atoms with Gasteiger partial charge in [0.1, 0.15) is 11.8 Å². The fourth-order valence-electron chi connectivity index (χ4n) is 2.89. The molecule has 1 heterocycles. The van der Waals surface area contributed by atoms with Crippen LogP contribution in [0, 0.1) is 0 Å². The number of hydrazine groups is 1. The summed E-state index contributed by atoms with van der Waals surface area (Å²) in [7, 11) is 5.62. The smallest absolute Gasteiger partial charge is 0.258 e. The van der Waals surface area contributed by atoms with E-state index in [1.165, 1.54) is 0 Å². The Morgan fingerprint density at radius 2 is 1.85 bits per heavy atom. The lowest BCUT2D eigenvalue weighted by Gasteiger charge is -2.11. The minimum absolute atomic E-state index is 0.0641. The summed E-state index contributed by atoms with van der Waals surface area (Å²) in [4.78, 5) is 14.3. The number of methoxy groups -OCH3 is 1. The van der Waals surface area contributed by atoms with E-state index in [-0.39, 0.29) is 18.0 Å². The summed E-state index contributed by atoms with van der Waals surface area (Å²) in [5, 5.41) is 4.06. The van der Waals surface area contributed by atoms with Crippen LogP contribution in [0.4, 0.5) is 5.69 Å². The molecule has 0 spiro atoms. The molecule has 1 aliphatic heterocycles. The third kappa shape index (κ3) is 4.84. The van der Waals surface area contributed by atoms with E-state index in [4.69, 9.17) is 4.74 Å². The van der Waals surface area contributed by atoms with Gasteiger partial charge >= 0.3 is 0 Å². The number of carbonyl (C=O) groups excluding carboxylic acids is 1. The predicted molar refractivity (Wildman–Crippen MR) is 107 cm³/mol. The molecular formula is C20H25N5O2. The monoisotopic (exact) mass is 367 g/mol. The summed E-state index contributed by atoms with van der Waals surface area (Å²) < 4.78 is 5.17. The minimum atomic E-state index is -0.342. The molecule has 0 aliphatic carbocycles. The molecule has 2 aromatic rings. The number of ether oxygens (including phenoxy) is 1. The molecule has 0 bridgehead atoms. The fourth-order valence-corrected chi connectivity index (χ4v) is 2.89. The van der Waals surface area contributed by atoms with Crippen LogP contribution in [-0.2, 0) is 4.79 Å². The number of hydrazone groups is 1. The van der Waals surface area contributed by atoms with Gasteiger partial charge in [-0.3, -0.25) is 4.79 Å². The van der Waals surface area contributed by atoms with Crippen LogP contribution in [0.1, 0.15) is 23.6 Å². The van der Waals surface area contributed by atoms with E-state index in [0.29, 0.717) is 6.42 Å². The van der Waals surface area contributed by atoms with Gasteiger partial charge in [-0.05, 0) is 41.8 Å². The largest absolute Gasteiger partial charge is 0.497 e. The number of amides is 1. The second-order valence-corrected chi connectivity index (χ2v) is 6.62. The van der Waals surface area contributed by atoms with Gasteiger partial charge < -0.3 is 9.64 Å². The Labute approximate surface area is 159 Å². The number of benzene rings is 2. The molecule has 2 aromatic carbocycles. The van der Waals surface area contributed by atoms with E-state index in [0.717, 1.165) is 22.6 Å².